The van der Waals surface area contributed by atoms with Crippen molar-refractivity contribution in [2.45, 2.75) is 45.6 Å². The van der Waals surface area contributed by atoms with Gasteiger partial charge >= 0.3 is 12.0 Å². The monoisotopic (exact) mass is 286 g/mol. The van der Waals surface area contributed by atoms with E-state index >= 15 is 0 Å². The second kappa shape index (κ2) is 8.09. The van der Waals surface area contributed by atoms with Gasteiger partial charge in [0, 0.05) is 25.7 Å². The number of rotatable bonds is 8. The van der Waals surface area contributed by atoms with E-state index < -0.39 is 5.97 Å². The van der Waals surface area contributed by atoms with E-state index in [0.29, 0.717) is 19.5 Å². The lowest BCUT2D eigenvalue weighted by molar-refractivity contribution is -0.137. The summed E-state index contributed by atoms with van der Waals surface area (Å²) < 4.78 is 0. The van der Waals surface area contributed by atoms with E-state index in [-0.39, 0.29) is 31.1 Å². The number of amides is 2. The number of carbonyl (C=O) groups is 2. The molecule has 116 valence electrons. The Labute approximate surface area is 120 Å². The average molecular weight is 286 g/mol. The van der Waals surface area contributed by atoms with Gasteiger partial charge in [-0.25, -0.2) is 4.79 Å². The molecule has 0 aliphatic heterocycles. The molecular weight excluding hydrogens is 260 g/mol. The molecule has 0 aromatic rings. The highest BCUT2D eigenvalue weighted by atomic mass is 16.4. The summed E-state index contributed by atoms with van der Waals surface area (Å²) in [7, 11) is 0. The molecule has 0 bridgehead atoms. The fraction of sp³-hybridized carbons (Fsp3) is 0.857. The second-order valence-corrected chi connectivity index (χ2v) is 5.81. The number of nitrogens with zero attached hydrogens (tertiary/aromatic N) is 2. The molecule has 1 aliphatic rings. The van der Waals surface area contributed by atoms with Gasteiger partial charge in [0.1, 0.15) is 6.54 Å². The van der Waals surface area contributed by atoms with Gasteiger partial charge < -0.3 is 20.0 Å². The second-order valence-electron chi connectivity index (χ2n) is 5.81. The lowest BCUT2D eigenvalue weighted by Crippen LogP contribution is -2.52. The molecule has 1 fully saturated rings. The number of hydrogen-bond acceptors (Lipinski definition) is 3. The quantitative estimate of drug-likeness (QED) is 0.706. The van der Waals surface area contributed by atoms with Crippen molar-refractivity contribution in [3.05, 3.63) is 0 Å². The summed E-state index contributed by atoms with van der Waals surface area (Å²) in [5, 5.41) is 17.9. The maximum Gasteiger partial charge on any atom is 0.323 e. The zero-order valence-corrected chi connectivity index (χ0v) is 12.4. The molecule has 0 spiro atoms. The van der Waals surface area contributed by atoms with Gasteiger partial charge in [0.15, 0.2) is 0 Å². The Morgan fingerprint density at radius 2 is 1.95 bits per heavy atom. The molecule has 0 atom stereocenters. The number of carboxylic acid groups (broad SMARTS) is 1. The molecule has 6 heteroatoms. The minimum atomic E-state index is -0.991. The Kier molecular flexibility index (Phi) is 6.78. The molecule has 2 N–H and O–H groups in total. The lowest BCUT2D eigenvalue weighted by atomic mass is 9.91. The Hall–Kier alpha value is -1.30. The normalized spacial score (nSPS) is 15.0. The molecule has 0 aromatic carbocycles. The van der Waals surface area contributed by atoms with E-state index in [2.05, 4.69) is 0 Å². The van der Waals surface area contributed by atoms with Crippen LogP contribution in [0.15, 0.2) is 0 Å². The van der Waals surface area contributed by atoms with Crippen LogP contribution >= 0.6 is 0 Å². The van der Waals surface area contributed by atoms with Crippen molar-refractivity contribution < 1.29 is 19.8 Å². The van der Waals surface area contributed by atoms with Gasteiger partial charge in [-0.15, -0.1) is 0 Å². The van der Waals surface area contributed by atoms with Gasteiger partial charge in [-0.2, -0.15) is 0 Å². The number of aliphatic hydroxyl groups is 1. The molecule has 2 amide bonds. The molecule has 0 radical (unpaired) electrons. The van der Waals surface area contributed by atoms with Gasteiger partial charge in [0.05, 0.1) is 0 Å². The van der Waals surface area contributed by atoms with Crippen molar-refractivity contribution in [2.75, 3.05) is 26.2 Å². The van der Waals surface area contributed by atoms with Crippen molar-refractivity contribution in [1.82, 2.24) is 9.80 Å². The van der Waals surface area contributed by atoms with Gasteiger partial charge in [-0.1, -0.05) is 13.8 Å². The first kappa shape index (κ1) is 16.8. The van der Waals surface area contributed by atoms with Crippen LogP contribution in [0.1, 0.15) is 39.5 Å². The van der Waals surface area contributed by atoms with Crippen LogP contribution < -0.4 is 0 Å². The Bertz CT molecular complexity index is 329. The fourth-order valence-electron chi connectivity index (χ4n) is 2.37. The number of urea groups is 1. The maximum atomic E-state index is 12.6. The van der Waals surface area contributed by atoms with Crippen LogP contribution in [-0.4, -0.2) is 64.3 Å². The highest BCUT2D eigenvalue weighted by molar-refractivity contribution is 5.80. The number of carbonyl (C=O) groups excluding carboxylic acids is 1. The van der Waals surface area contributed by atoms with Crippen LogP contribution in [-0.2, 0) is 4.79 Å². The lowest BCUT2D eigenvalue weighted by Gasteiger charge is -2.40. The van der Waals surface area contributed by atoms with Gasteiger partial charge in [-0.05, 0) is 31.6 Å². The van der Waals surface area contributed by atoms with Crippen LogP contribution in [0.5, 0.6) is 0 Å². The van der Waals surface area contributed by atoms with Crippen molar-refractivity contribution in [2.24, 2.45) is 5.92 Å². The van der Waals surface area contributed by atoms with Gasteiger partial charge in [0.2, 0.25) is 0 Å². The molecule has 1 saturated carbocycles. The molecular formula is C14H26N2O4. The fourth-order valence-corrected chi connectivity index (χ4v) is 2.37. The summed E-state index contributed by atoms with van der Waals surface area (Å²) >= 11 is 0. The summed E-state index contributed by atoms with van der Waals surface area (Å²) in [6.07, 6.45) is 3.58. The Morgan fingerprint density at radius 3 is 2.35 bits per heavy atom. The average Bonchev–Trinajstić information content (AvgIpc) is 2.29. The standard InChI is InChI=1S/C14H26N2O4/c1-11(2)9-15(10-13(18)19)14(20)16(7-4-8-17)12-5-3-6-12/h11-12,17H,3-10H2,1-2H3,(H,18,19). The van der Waals surface area contributed by atoms with Crippen molar-refractivity contribution >= 4 is 12.0 Å². The molecule has 0 heterocycles. The van der Waals surface area contributed by atoms with E-state index in [9.17, 15) is 9.59 Å². The molecule has 0 aromatic heterocycles. The van der Waals surface area contributed by atoms with Crippen molar-refractivity contribution in [3.63, 3.8) is 0 Å². The smallest absolute Gasteiger partial charge is 0.323 e. The number of carboxylic acids is 1. The van der Waals surface area contributed by atoms with E-state index in [1.165, 1.54) is 4.90 Å². The number of aliphatic carboxylic acids is 1. The third-order valence-corrected chi connectivity index (χ3v) is 3.50. The first-order valence-corrected chi connectivity index (χ1v) is 7.34. The van der Waals surface area contributed by atoms with Crippen LogP contribution in [0.2, 0.25) is 0 Å². The molecule has 0 saturated heterocycles. The summed E-state index contributed by atoms with van der Waals surface area (Å²) in [5.74, 6) is -0.769. The first-order valence-electron chi connectivity index (χ1n) is 7.34. The van der Waals surface area contributed by atoms with E-state index in [0.717, 1.165) is 19.3 Å². The summed E-state index contributed by atoms with van der Waals surface area (Å²) in [4.78, 5) is 26.6. The van der Waals surface area contributed by atoms with Crippen molar-refractivity contribution in [3.8, 4) is 0 Å². The molecule has 1 aliphatic carbocycles. The zero-order chi connectivity index (χ0) is 15.1. The highest BCUT2D eigenvalue weighted by Gasteiger charge is 2.32. The summed E-state index contributed by atoms with van der Waals surface area (Å²) in [6, 6.07) is -0.00300. The molecule has 1 rings (SSSR count). The molecule has 0 unspecified atom stereocenters. The van der Waals surface area contributed by atoms with E-state index in [4.69, 9.17) is 10.2 Å². The van der Waals surface area contributed by atoms with E-state index in [1.807, 2.05) is 13.8 Å². The highest BCUT2D eigenvalue weighted by Crippen LogP contribution is 2.26. The maximum absolute atomic E-state index is 12.6. The van der Waals surface area contributed by atoms with E-state index in [1.54, 1.807) is 4.90 Å². The largest absolute Gasteiger partial charge is 0.480 e. The number of hydrogen-bond donors (Lipinski definition) is 2. The Morgan fingerprint density at radius 1 is 1.30 bits per heavy atom. The van der Waals surface area contributed by atoms with Crippen LogP contribution in [0, 0.1) is 5.92 Å². The third kappa shape index (κ3) is 5.00. The molecule has 6 nitrogen and oxygen atoms in total. The van der Waals surface area contributed by atoms with Crippen LogP contribution in [0.3, 0.4) is 0 Å². The topological polar surface area (TPSA) is 81.1 Å². The van der Waals surface area contributed by atoms with Crippen LogP contribution in [0.4, 0.5) is 4.79 Å². The van der Waals surface area contributed by atoms with Crippen molar-refractivity contribution in [1.29, 1.82) is 0 Å². The van der Waals surface area contributed by atoms with Gasteiger partial charge in [-0.3, -0.25) is 4.79 Å². The van der Waals surface area contributed by atoms with Gasteiger partial charge in [0.25, 0.3) is 0 Å². The predicted octanol–water partition coefficient (Wildman–Crippen LogP) is 1.39. The predicted molar refractivity (Wildman–Crippen MR) is 75.5 cm³/mol. The minimum Gasteiger partial charge on any atom is -0.480 e. The SMILES string of the molecule is CC(C)CN(CC(=O)O)C(=O)N(CCCO)C1CCC1. The first-order chi connectivity index (χ1) is 9.45. The van der Waals surface area contributed by atoms with Crippen LogP contribution in [0.25, 0.3) is 0 Å². The number of aliphatic hydroxyl groups excluding tert-OH is 1. The molecule has 20 heavy (non-hydrogen) atoms. The summed E-state index contributed by atoms with van der Waals surface area (Å²) in [6.45, 7) is 4.63. The summed E-state index contributed by atoms with van der Waals surface area (Å²) in [5.41, 5.74) is 0. The zero-order valence-electron chi connectivity index (χ0n) is 12.4. The Balaban J connectivity index is 2.72. The third-order valence-electron chi connectivity index (χ3n) is 3.50. The minimum absolute atomic E-state index is 0.0413.